The number of nitrogens with zero attached hydrogens (tertiary/aromatic N) is 3. The lowest BCUT2D eigenvalue weighted by atomic mass is 9.42. The van der Waals surface area contributed by atoms with Gasteiger partial charge in [0, 0.05) is 76.6 Å². The third-order valence-corrected chi connectivity index (χ3v) is 18.6. The second-order valence-corrected chi connectivity index (χ2v) is 28.2. The highest BCUT2D eigenvalue weighted by Gasteiger charge is 2.50. The average molecular weight is 1030 g/mol. The Balaban J connectivity index is 1.15. The number of rotatable bonds is 5. The summed E-state index contributed by atoms with van der Waals surface area (Å²) in [5.41, 5.74) is 25.1. The molecule has 2 aliphatic heterocycles. The summed E-state index contributed by atoms with van der Waals surface area (Å²) in [6.45, 7) is 32.5. The van der Waals surface area contributed by atoms with E-state index in [0.29, 0.717) is 0 Å². The largest absolute Gasteiger partial charge is 0.376 e. The third kappa shape index (κ3) is 7.89. The molecular formula is C73H72BN3S. The maximum absolute atomic E-state index is 2.71. The quantitative estimate of drug-likeness (QED) is 0.159. The Labute approximate surface area is 468 Å². The number of thiophene rings is 1. The van der Waals surface area contributed by atoms with Crippen molar-refractivity contribution >= 4 is 94.8 Å². The number of benzene rings is 9. The van der Waals surface area contributed by atoms with Crippen LogP contribution in [0.2, 0.25) is 0 Å². The molecule has 0 radical (unpaired) electrons. The predicted molar refractivity (Wildman–Crippen MR) is 340 cm³/mol. The summed E-state index contributed by atoms with van der Waals surface area (Å²) >= 11 is 1.91. The second-order valence-electron chi connectivity index (χ2n) is 27.1. The minimum atomic E-state index is -0.269. The van der Waals surface area contributed by atoms with Crippen LogP contribution < -0.4 is 25.5 Å². The van der Waals surface area contributed by atoms with Crippen LogP contribution in [0.25, 0.3) is 42.4 Å². The Morgan fingerprint density at radius 2 is 0.936 bits per heavy atom. The van der Waals surface area contributed by atoms with E-state index in [4.69, 9.17) is 0 Å². The zero-order valence-electron chi connectivity index (χ0n) is 48.1. The molecule has 5 heteroatoms. The molecule has 1 aliphatic carbocycles. The normalized spacial score (nSPS) is 14.6. The van der Waals surface area contributed by atoms with Crippen LogP contribution in [0.15, 0.2) is 182 Å². The molecule has 0 atom stereocenters. The molecule has 0 amide bonds. The summed E-state index contributed by atoms with van der Waals surface area (Å²) in [5, 5.41) is 2.63. The van der Waals surface area contributed by atoms with Crippen LogP contribution in [0.5, 0.6) is 0 Å². The SMILES string of the molecule is CC(C)(C)c1ccc(N2B3c4ccc(N(c5ccc(C(C)(C)C)cc5)c5ccc(C(C)(C)C)cc5)cc4N(c4ccc(C(C)(C)C)cc4)c4cc5c(c(c43)-c3cc4c(cc32)sc2ccccc24)C(C)(C)c2ccccc2-5)cc1. The van der Waals surface area contributed by atoms with E-state index in [-0.39, 0.29) is 33.9 Å². The van der Waals surface area contributed by atoms with Crippen LogP contribution in [0, 0.1) is 0 Å². The molecule has 9 aromatic carbocycles. The number of fused-ring (bicyclic) bond motifs is 11. The van der Waals surface area contributed by atoms with Gasteiger partial charge in [-0.1, -0.05) is 194 Å². The molecule has 0 fully saturated rings. The topological polar surface area (TPSA) is 9.72 Å². The van der Waals surface area contributed by atoms with Crippen LogP contribution >= 0.6 is 11.3 Å². The van der Waals surface area contributed by atoms with Gasteiger partial charge < -0.3 is 14.6 Å². The maximum atomic E-state index is 2.71. The van der Waals surface area contributed by atoms with Gasteiger partial charge in [-0.2, -0.15) is 0 Å². The summed E-state index contributed by atoms with van der Waals surface area (Å²) in [4.78, 5) is 7.81. The fourth-order valence-corrected chi connectivity index (χ4v) is 14.2. The first-order chi connectivity index (χ1) is 37.0. The first-order valence-corrected chi connectivity index (χ1v) is 29.0. The van der Waals surface area contributed by atoms with Gasteiger partial charge in [0.1, 0.15) is 0 Å². The van der Waals surface area contributed by atoms with Crippen molar-refractivity contribution in [2.45, 2.75) is 124 Å². The zero-order chi connectivity index (χ0) is 54.6. The fraction of sp³-hybridized carbons (Fsp3) is 0.260. The Bertz CT molecular complexity index is 3960. The van der Waals surface area contributed by atoms with Crippen LogP contribution in [-0.2, 0) is 27.1 Å². The van der Waals surface area contributed by atoms with Crippen LogP contribution in [0.4, 0.5) is 45.5 Å². The van der Waals surface area contributed by atoms with Gasteiger partial charge in [0.25, 0.3) is 0 Å². The summed E-state index contributed by atoms with van der Waals surface area (Å²) < 4.78 is 2.62. The highest BCUT2D eigenvalue weighted by atomic mass is 32.1. The second kappa shape index (κ2) is 17.3. The van der Waals surface area contributed by atoms with Gasteiger partial charge in [0.05, 0.1) is 0 Å². The van der Waals surface area contributed by atoms with E-state index >= 15 is 0 Å². The van der Waals surface area contributed by atoms with E-state index in [1.165, 1.54) is 109 Å². The van der Waals surface area contributed by atoms with Gasteiger partial charge in [-0.15, -0.1) is 11.3 Å². The van der Waals surface area contributed by atoms with Crippen molar-refractivity contribution in [2.24, 2.45) is 0 Å². The number of hydrogen-bond donors (Lipinski definition) is 0. The molecule has 78 heavy (non-hydrogen) atoms. The molecule has 0 N–H and O–H groups in total. The molecule has 0 unspecified atom stereocenters. The zero-order valence-corrected chi connectivity index (χ0v) is 49.0. The molecule has 13 rings (SSSR count). The molecule has 3 heterocycles. The van der Waals surface area contributed by atoms with Gasteiger partial charge in [0.15, 0.2) is 0 Å². The van der Waals surface area contributed by atoms with Crippen molar-refractivity contribution in [1.29, 1.82) is 0 Å². The lowest BCUT2D eigenvalue weighted by Crippen LogP contribution is -2.62. The van der Waals surface area contributed by atoms with E-state index in [2.05, 4.69) is 294 Å². The molecule has 0 bridgehead atoms. The smallest absolute Gasteiger partial charge is 0.333 e. The predicted octanol–water partition coefficient (Wildman–Crippen LogP) is 19.7. The van der Waals surface area contributed by atoms with E-state index in [1.807, 2.05) is 11.3 Å². The monoisotopic (exact) mass is 1030 g/mol. The minimum Gasteiger partial charge on any atom is -0.376 e. The molecule has 10 aromatic rings. The Morgan fingerprint density at radius 1 is 0.423 bits per heavy atom. The van der Waals surface area contributed by atoms with Crippen molar-refractivity contribution in [3.05, 3.63) is 215 Å². The molecule has 0 saturated heterocycles. The van der Waals surface area contributed by atoms with E-state index < -0.39 is 0 Å². The minimum absolute atomic E-state index is 0.00533. The molecule has 1 aromatic heterocycles. The van der Waals surface area contributed by atoms with Gasteiger partial charge in [-0.05, 0) is 168 Å². The molecular weight excluding hydrogens is 962 g/mol. The van der Waals surface area contributed by atoms with Gasteiger partial charge >= 0.3 is 6.85 Å². The number of anilines is 8. The maximum Gasteiger partial charge on any atom is 0.333 e. The van der Waals surface area contributed by atoms with Crippen molar-refractivity contribution in [2.75, 3.05) is 14.6 Å². The van der Waals surface area contributed by atoms with Gasteiger partial charge in [-0.25, -0.2) is 0 Å². The van der Waals surface area contributed by atoms with E-state index in [0.717, 1.165) is 22.7 Å². The van der Waals surface area contributed by atoms with Crippen LogP contribution in [-0.4, -0.2) is 6.85 Å². The van der Waals surface area contributed by atoms with Crippen molar-refractivity contribution in [3.63, 3.8) is 0 Å². The van der Waals surface area contributed by atoms with Crippen LogP contribution in [0.1, 0.15) is 130 Å². The first kappa shape index (κ1) is 50.2. The third-order valence-electron chi connectivity index (χ3n) is 17.5. The Morgan fingerprint density at radius 3 is 1.51 bits per heavy atom. The van der Waals surface area contributed by atoms with E-state index in [9.17, 15) is 0 Å². The molecule has 3 aliphatic rings. The summed E-state index contributed by atoms with van der Waals surface area (Å²) in [6, 6.07) is 70.9. The number of hydrogen-bond acceptors (Lipinski definition) is 4. The first-order valence-electron chi connectivity index (χ1n) is 28.2. The summed E-state index contributed by atoms with van der Waals surface area (Å²) in [7, 11) is 0. The molecule has 0 spiro atoms. The molecule has 388 valence electrons. The average Bonchev–Trinajstić information content (AvgIpc) is 3.53. The van der Waals surface area contributed by atoms with Gasteiger partial charge in [-0.3, -0.25) is 0 Å². The lowest BCUT2D eigenvalue weighted by Gasteiger charge is -2.47. The van der Waals surface area contributed by atoms with E-state index in [1.54, 1.807) is 0 Å². The summed E-state index contributed by atoms with van der Waals surface area (Å²) in [5.74, 6) is 0. The van der Waals surface area contributed by atoms with Crippen molar-refractivity contribution in [1.82, 2.24) is 0 Å². The van der Waals surface area contributed by atoms with Crippen molar-refractivity contribution < 1.29 is 0 Å². The van der Waals surface area contributed by atoms with Crippen molar-refractivity contribution in [3.8, 4) is 22.3 Å². The Hall–Kier alpha value is -7.34. The lowest BCUT2D eigenvalue weighted by molar-refractivity contribution is 0.590. The molecule has 3 nitrogen and oxygen atoms in total. The standard InChI is InChI=1S/C73H72BN3S/c1-69(2,3)45-23-31-49(32-24-45)75(50-33-25-46(26-34-50)70(4,5)6)53-39-40-60-62(41-53)76(51-35-27-47(28-36-51)71(7,8)9)63-43-57-54-19-15-17-21-59(54)73(13,14)67(57)66-58-42-56-55-20-16-18-22-64(55)78-65(56)44-61(58)77(74(60)68(63)66)52-37-29-48(30-38-52)72(10,11)12/h15-44H,1-14H3. The fourth-order valence-electron chi connectivity index (χ4n) is 13.1. The highest BCUT2D eigenvalue weighted by Crippen LogP contribution is 2.59. The van der Waals surface area contributed by atoms with Crippen LogP contribution in [0.3, 0.4) is 0 Å². The Kier molecular flexibility index (Phi) is 11.2. The van der Waals surface area contributed by atoms with Gasteiger partial charge in [0.2, 0.25) is 0 Å². The highest BCUT2D eigenvalue weighted by molar-refractivity contribution is 7.25. The molecule has 0 saturated carbocycles. The summed E-state index contributed by atoms with van der Waals surface area (Å²) in [6.07, 6.45) is 0.